The zero-order chi connectivity index (χ0) is 32.7. The summed E-state index contributed by atoms with van der Waals surface area (Å²) in [6.07, 6.45) is 8.98. The van der Waals surface area contributed by atoms with E-state index in [4.69, 9.17) is 16.3 Å². The molecule has 0 radical (unpaired) electrons. The lowest BCUT2D eigenvalue weighted by Crippen LogP contribution is -2.57. The Kier molecular flexibility index (Phi) is 7.36. The van der Waals surface area contributed by atoms with Crippen LogP contribution in [-0.2, 0) is 21.9 Å². The van der Waals surface area contributed by atoms with Crippen LogP contribution in [0.25, 0.3) is 0 Å². The highest BCUT2D eigenvalue weighted by Crippen LogP contribution is 2.54. The first-order valence-corrected chi connectivity index (χ1v) is 18.3. The number of rotatable bonds is 1. The third-order valence-corrected chi connectivity index (χ3v) is 14.4. The largest absolute Gasteiger partial charge is 0.490 e. The van der Waals surface area contributed by atoms with Crippen molar-refractivity contribution in [3.8, 4) is 11.8 Å². The Hall–Kier alpha value is -3.06. The highest BCUT2D eigenvalue weighted by Gasteiger charge is 2.60. The molecule has 244 valence electrons. The van der Waals surface area contributed by atoms with Gasteiger partial charge in [-0.15, -0.1) is 0 Å². The predicted octanol–water partition coefficient (Wildman–Crippen LogP) is 5.92. The molecule has 2 heterocycles. The molecule has 2 aromatic carbocycles. The number of nitriles is 1. The number of amides is 1. The monoisotopic (exact) mass is 663 g/mol. The van der Waals surface area contributed by atoms with Crippen molar-refractivity contribution in [2.24, 2.45) is 23.2 Å². The first-order chi connectivity index (χ1) is 21.7. The predicted molar refractivity (Wildman–Crippen MR) is 177 cm³/mol. The first kappa shape index (κ1) is 31.5. The summed E-state index contributed by atoms with van der Waals surface area (Å²) in [6.45, 7) is 6.90. The van der Waals surface area contributed by atoms with Gasteiger partial charge in [-0.2, -0.15) is 5.26 Å². The number of allylic oxidation sites excluding steroid dienone is 1. The number of anilines is 1. The fourth-order valence-corrected chi connectivity index (χ4v) is 10.3. The van der Waals surface area contributed by atoms with Crippen molar-refractivity contribution in [2.75, 3.05) is 24.6 Å². The quantitative estimate of drug-likeness (QED) is 0.364. The van der Waals surface area contributed by atoms with Crippen molar-refractivity contribution >= 4 is 33.2 Å². The van der Waals surface area contributed by atoms with Crippen LogP contribution in [0.3, 0.4) is 0 Å². The smallest absolute Gasteiger partial charge is 0.264 e. The lowest BCUT2D eigenvalue weighted by Gasteiger charge is -2.52. The van der Waals surface area contributed by atoms with Gasteiger partial charge in [-0.05, 0) is 125 Å². The maximum atomic E-state index is 13.5. The second-order valence-corrected chi connectivity index (χ2v) is 17.7. The van der Waals surface area contributed by atoms with Gasteiger partial charge in [0.05, 0.1) is 28.5 Å². The Bertz CT molecular complexity index is 1790. The number of nitrogens with one attached hydrogen (secondary N) is 1. The molecule has 0 aromatic heterocycles. The number of carbonyl (C=O) groups is 1. The summed E-state index contributed by atoms with van der Waals surface area (Å²) in [5.74, 6) is -0.311. The van der Waals surface area contributed by atoms with E-state index in [1.165, 1.54) is 11.1 Å². The maximum Gasteiger partial charge on any atom is 0.264 e. The average molecular weight is 664 g/mol. The number of benzene rings is 2. The Labute approximate surface area is 276 Å². The van der Waals surface area contributed by atoms with Gasteiger partial charge < -0.3 is 14.7 Å². The van der Waals surface area contributed by atoms with Gasteiger partial charge in [0.2, 0.25) is 10.0 Å². The van der Waals surface area contributed by atoms with E-state index in [1.54, 1.807) is 45.0 Å². The standard InChI is InChI=1S/C36H42ClN3O5S/c1-33(2,20-38)36(42)15-5-7-26-18-34(26,3)46(43,44)39-32(41)24-9-13-31-30(17-24)40(19-25-8-11-29(25)36)21-35(22-45-31)14-4-6-23-16-27(37)10-12-28(23)35/h5,9-10,12-13,15-17,25-26,29,42H,4,6-8,11,14,18-19,21-22H2,1-3H3,(H,39,41)/b15-5+/t25-,26+,29+,34+,35-,36+/m0/s1. The molecular weight excluding hydrogens is 622 g/mol. The molecule has 3 aliphatic carbocycles. The zero-order valence-corrected chi connectivity index (χ0v) is 28.3. The van der Waals surface area contributed by atoms with Gasteiger partial charge in [-0.3, -0.25) is 4.79 Å². The number of hydrogen-bond acceptors (Lipinski definition) is 7. The Morgan fingerprint density at radius 1 is 1.20 bits per heavy atom. The van der Waals surface area contributed by atoms with Crippen molar-refractivity contribution in [1.29, 1.82) is 5.26 Å². The number of fused-ring (bicyclic) bond motifs is 5. The summed E-state index contributed by atoms with van der Waals surface area (Å²) in [6, 6.07) is 13.6. The first-order valence-electron chi connectivity index (χ1n) is 16.4. The zero-order valence-electron chi connectivity index (χ0n) is 26.7. The summed E-state index contributed by atoms with van der Waals surface area (Å²) in [7, 11) is -3.99. The van der Waals surface area contributed by atoms with E-state index in [0.717, 1.165) is 37.8 Å². The molecule has 2 fully saturated rings. The Morgan fingerprint density at radius 2 is 2.00 bits per heavy atom. The maximum absolute atomic E-state index is 13.5. The molecule has 2 aromatic rings. The number of sulfonamides is 1. The topological polar surface area (TPSA) is 120 Å². The molecule has 2 N–H and O–H groups in total. The molecule has 2 saturated carbocycles. The van der Waals surface area contributed by atoms with Crippen LogP contribution in [0, 0.1) is 34.5 Å². The minimum atomic E-state index is -3.99. The molecule has 1 spiro atoms. The van der Waals surface area contributed by atoms with Crippen LogP contribution in [0.4, 0.5) is 5.69 Å². The summed E-state index contributed by atoms with van der Waals surface area (Å²) < 4.78 is 34.8. The lowest BCUT2D eigenvalue weighted by molar-refractivity contribution is -0.0994. The van der Waals surface area contributed by atoms with Crippen molar-refractivity contribution in [3.05, 3.63) is 70.3 Å². The Morgan fingerprint density at radius 3 is 2.74 bits per heavy atom. The van der Waals surface area contributed by atoms with Gasteiger partial charge in [0.15, 0.2) is 0 Å². The van der Waals surface area contributed by atoms with Crippen LogP contribution in [0.5, 0.6) is 5.75 Å². The van der Waals surface area contributed by atoms with Crippen molar-refractivity contribution < 1.29 is 23.1 Å². The summed E-state index contributed by atoms with van der Waals surface area (Å²) in [5.41, 5.74) is 0.615. The van der Waals surface area contributed by atoms with E-state index in [0.29, 0.717) is 43.3 Å². The van der Waals surface area contributed by atoms with E-state index < -0.39 is 31.7 Å². The van der Waals surface area contributed by atoms with Gasteiger partial charge in [0.25, 0.3) is 5.91 Å². The van der Waals surface area contributed by atoms with Gasteiger partial charge in [-0.25, -0.2) is 13.1 Å². The van der Waals surface area contributed by atoms with Crippen LogP contribution in [0.1, 0.15) is 80.8 Å². The van der Waals surface area contributed by atoms with Gasteiger partial charge in [0.1, 0.15) is 11.4 Å². The number of hydrogen-bond donors (Lipinski definition) is 2. The molecule has 2 aliphatic heterocycles. The summed E-state index contributed by atoms with van der Waals surface area (Å²) in [5, 5.41) is 23.3. The molecule has 6 atom stereocenters. The van der Waals surface area contributed by atoms with Crippen LogP contribution < -0.4 is 14.4 Å². The second-order valence-electron chi connectivity index (χ2n) is 15.1. The SMILES string of the molecule is CC(C)(C#N)[C@@]1(O)/C=C/C[C@@H]2C[C@@]2(C)S(=O)(=O)NC(=O)c2ccc3c(c2)N(C[C@@H]2CC[C@H]21)C[C@@]1(CCCc2cc(Cl)ccc21)CO3. The molecule has 1 amide bonds. The molecule has 8 nitrogen and oxygen atoms in total. The van der Waals surface area contributed by atoms with Crippen molar-refractivity contribution in [3.63, 3.8) is 0 Å². The van der Waals surface area contributed by atoms with Crippen LogP contribution in [0.15, 0.2) is 48.6 Å². The normalized spacial score (nSPS) is 35.5. The number of aliphatic hydroxyl groups is 1. The summed E-state index contributed by atoms with van der Waals surface area (Å²) in [4.78, 5) is 15.8. The lowest BCUT2D eigenvalue weighted by atomic mass is 9.56. The molecule has 5 aliphatic rings. The van der Waals surface area contributed by atoms with E-state index in [-0.39, 0.29) is 28.7 Å². The third-order valence-electron chi connectivity index (χ3n) is 12.0. The third kappa shape index (κ3) is 4.86. The fourth-order valence-electron chi connectivity index (χ4n) is 8.59. The van der Waals surface area contributed by atoms with E-state index in [1.807, 2.05) is 12.1 Å². The minimum absolute atomic E-state index is 0.0792. The van der Waals surface area contributed by atoms with Gasteiger partial charge >= 0.3 is 0 Å². The van der Waals surface area contributed by atoms with E-state index in [9.17, 15) is 23.6 Å². The van der Waals surface area contributed by atoms with Crippen molar-refractivity contribution in [2.45, 2.75) is 81.5 Å². The molecule has 0 saturated heterocycles. The van der Waals surface area contributed by atoms with Gasteiger partial charge in [0, 0.05) is 29.1 Å². The minimum Gasteiger partial charge on any atom is -0.490 e. The number of nitrogens with zero attached hydrogens (tertiary/aromatic N) is 2. The highest BCUT2D eigenvalue weighted by atomic mass is 35.5. The molecular formula is C36H42ClN3O5S. The molecule has 2 bridgehead atoms. The van der Waals surface area contributed by atoms with E-state index >= 15 is 0 Å². The summed E-state index contributed by atoms with van der Waals surface area (Å²) >= 11 is 6.42. The van der Waals surface area contributed by atoms with Crippen molar-refractivity contribution in [1.82, 2.24) is 4.72 Å². The van der Waals surface area contributed by atoms with Crippen LogP contribution in [0.2, 0.25) is 5.02 Å². The molecule has 7 rings (SSSR count). The van der Waals surface area contributed by atoms with Gasteiger partial charge in [-0.1, -0.05) is 29.8 Å². The number of carbonyl (C=O) groups excluding carboxylic acids is 1. The number of aryl methyl sites for hydroxylation is 1. The van der Waals surface area contributed by atoms with E-state index in [2.05, 4.69) is 27.8 Å². The molecule has 0 unspecified atom stereocenters. The fraction of sp³-hybridized carbons (Fsp3) is 0.556. The molecule has 10 heteroatoms. The van der Waals surface area contributed by atoms with Crippen LogP contribution in [-0.4, -0.2) is 49.5 Å². The number of halogens is 1. The molecule has 46 heavy (non-hydrogen) atoms. The number of ether oxygens (including phenoxy) is 1. The van der Waals surface area contributed by atoms with Crippen LogP contribution >= 0.6 is 11.6 Å². The Balaban J connectivity index is 1.35. The highest BCUT2D eigenvalue weighted by molar-refractivity contribution is 7.91. The average Bonchev–Trinajstić information content (AvgIpc) is 3.70. The second kappa shape index (κ2) is 10.7.